The van der Waals surface area contributed by atoms with Crippen molar-refractivity contribution in [3.63, 3.8) is 0 Å². The number of benzene rings is 2. The molecule has 25 heavy (non-hydrogen) atoms. The topological polar surface area (TPSA) is 41.1 Å². The van der Waals surface area contributed by atoms with Crippen LogP contribution in [-0.2, 0) is 19.5 Å². The largest absolute Gasteiger partial charge is 0.352 e. The van der Waals surface area contributed by atoms with Gasteiger partial charge in [0.15, 0.2) is 0 Å². The molecule has 1 N–H and O–H groups in total. The van der Waals surface area contributed by atoms with Gasteiger partial charge in [-0.05, 0) is 41.3 Å². The van der Waals surface area contributed by atoms with Crippen molar-refractivity contribution in [2.24, 2.45) is 0 Å². The number of hydrogen-bond donors (Lipinski definition) is 1. The summed E-state index contributed by atoms with van der Waals surface area (Å²) in [5, 5.41) is 3.21. The molecule has 0 saturated heterocycles. The standard InChI is InChI=1S/C20H19FN4/c21-18-7-5-15(6-8-18)13-23-20-22-11-9-19(24-20)25-12-10-16-3-1-2-4-17(16)14-25/h1-9,11H,10,12-14H2,(H,22,23,24). The van der Waals surface area contributed by atoms with Crippen LogP contribution in [0.1, 0.15) is 16.7 Å². The Morgan fingerprint density at radius 1 is 1.00 bits per heavy atom. The number of fused-ring (bicyclic) bond motifs is 1. The van der Waals surface area contributed by atoms with Gasteiger partial charge in [0.1, 0.15) is 11.6 Å². The number of anilines is 2. The van der Waals surface area contributed by atoms with E-state index in [1.807, 2.05) is 6.07 Å². The molecular weight excluding hydrogens is 315 g/mol. The van der Waals surface area contributed by atoms with Crippen LogP contribution in [0.2, 0.25) is 0 Å². The maximum atomic E-state index is 13.0. The van der Waals surface area contributed by atoms with Crippen molar-refractivity contribution in [2.45, 2.75) is 19.5 Å². The predicted molar refractivity (Wildman–Crippen MR) is 97.0 cm³/mol. The van der Waals surface area contributed by atoms with Crippen molar-refractivity contribution in [1.82, 2.24) is 9.97 Å². The number of hydrogen-bond acceptors (Lipinski definition) is 4. The minimum absolute atomic E-state index is 0.229. The van der Waals surface area contributed by atoms with Crippen LogP contribution in [0.5, 0.6) is 0 Å². The van der Waals surface area contributed by atoms with E-state index in [4.69, 9.17) is 0 Å². The van der Waals surface area contributed by atoms with Gasteiger partial charge in [-0.1, -0.05) is 36.4 Å². The van der Waals surface area contributed by atoms with E-state index < -0.39 is 0 Å². The van der Waals surface area contributed by atoms with Gasteiger partial charge in [0.05, 0.1) is 0 Å². The van der Waals surface area contributed by atoms with Crippen LogP contribution in [0.4, 0.5) is 16.2 Å². The lowest BCUT2D eigenvalue weighted by atomic mass is 10.00. The van der Waals surface area contributed by atoms with Crippen molar-refractivity contribution >= 4 is 11.8 Å². The highest BCUT2D eigenvalue weighted by atomic mass is 19.1. The zero-order valence-electron chi connectivity index (χ0n) is 13.8. The number of nitrogens with one attached hydrogen (secondary N) is 1. The Kier molecular flexibility index (Phi) is 4.29. The zero-order valence-corrected chi connectivity index (χ0v) is 13.8. The van der Waals surface area contributed by atoms with E-state index in [1.165, 1.54) is 23.3 Å². The summed E-state index contributed by atoms with van der Waals surface area (Å²) in [6.45, 7) is 2.38. The van der Waals surface area contributed by atoms with Gasteiger partial charge in [0.2, 0.25) is 5.95 Å². The van der Waals surface area contributed by atoms with E-state index in [9.17, 15) is 4.39 Å². The first-order chi connectivity index (χ1) is 12.3. The Morgan fingerprint density at radius 2 is 1.80 bits per heavy atom. The molecule has 0 amide bonds. The number of rotatable bonds is 4. The fourth-order valence-electron chi connectivity index (χ4n) is 3.09. The molecular formula is C20H19FN4. The van der Waals surface area contributed by atoms with Crippen LogP contribution in [0.25, 0.3) is 0 Å². The summed E-state index contributed by atoms with van der Waals surface area (Å²) in [6, 6.07) is 16.9. The van der Waals surface area contributed by atoms with Gasteiger partial charge in [0, 0.05) is 25.8 Å². The highest BCUT2D eigenvalue weighted by Crippen LogP contribution is 2.23. The minimum atomic E-state index is -0.229. The fourth-order valence-corrected chi connectivity index (χ4v) is 3.09. The second-order valence-electron chi connectivity index (χ2n) is 6.16. The maximum absolute atomic E-state index is 13.0. The Balaban J connectivity index is 1.45. The molecule has 0 saturated carbocycles. The third kappa shape index (κ3) is 3.60. The molecule has 3 aromatic rings. The second-order valence-corrected chi connectivity index (χ2v) is 6.16. The molecule has 0 spiro atoms. The van der Waals surface area contributed by atoms with Crippen LogP contribution in [-0.4, -0.2) is 16.5 Å². The summed E-state index contributed by atoms with van der Waals surface area (Å²) in [4.78, 5) is 11.2. The van der Waals surface area contributed by atoms with E-state index in [0.717, 1.165) is 30.9 Å². The van der Waals surface area contributed by atoms with Gasteiger partial charge in [-0.25, -0.2) is 9.37 Å². The Hall–Kier alpha value is -2.95. The van der Waals surface area contributed by atoms with Crippen LogP contribution in [0.15, 0.2) is 60.8 Å². The Bertz CT molecular complexity index is 864. The molecule has 1 aromatic heterocycles. The van der Waals surface area contributed by atoms with Crippen molar-refractivity contribution in [3.05, 3.63) is 83.3 Å². The maximum Gasteiger partial charge on any atom is 0.224 e. The van der Waals surface area contributed by atoms with E-state index in [1.54, 1.807) is 18.3 Å². The first-order valence-electron chi connectivity index (χ1n) is 8.41. The van der Waals surface area contributed by atoms with Crippen molar-refractivity contribution in [3.8, 4) is 0 Å². The Labute approximate surface area is 146 Å². The van der Waals surface area contributed by atoms with Gasteiger partial charge in [-0.15, -0.1) is 0 Å². The van der Waals surface area contributed by atoms with Crippen LogP contribution in [0.3, 0.4) is 0 Å². The molecule has 2 heterocycles. The van der Waals surface area contributed by atoms with Gasteiger partial charge in [-0.2, -0.15) is 4.98 Å². The van der Waals surface area contributed by atoms with Gasteiger partial charge in [-0.3, -0.25) is 0 Å². The van der Waals surface area contributed by atoms with Crippen molar-refractivity contribution < 1.29 is 4.39 Å². The molecule has 1 aliphatic heterocycles. The number of halogens is 1. The zero-order chi connectivity index (χ0) is 17.1. The summed E-state index contributed by atoms with van der Waals surface area (Å²) >= 11 is 0. The smallest absolute Gasteiger partial charge is 0.224 e. The third-order valence-electron chi connectivity index (χ3n) is 4.46. The molecule has 5 heteroatoms. The highest BCUT2D eigenvalue weighted by molar-refractivity contribution is 5.46. The second kappa shape index (κ2) is 6.89. The van der Waals surface area contributed by atoms with Crippen LogP contribution >= 0.6 is 0 Å². The fraction of sp³-hybridized carbons (Fsp3) is 0.200. The molecule has 4 rings (SSSR count). The van der Waals surface area contributed by atoms with Crippen LogP contribution in [0, 0.1) is 5.82 Å². The Morgan fingerprint density at radius 3 is 2.64 bits per heavy atom. The lowest BCUT2D eigenvalue weighted by molar-refractivity contribution is 0.627. The van der Waals surface area contributed by atoms with E-state index in [2.05, 4.69) is 44.5 Å². The molecule has 0 atom stereocenters. The van der Waals surface area contributed by atoms with E-state index in [-0.39, 0.29) is 5.82 Å². The molecule has 0 radical (unpaired) electrons. The summed E-state index contributed by atoms with van der Waals surface area (Å²) in [5.41, 5.74) is 3.76. The van der Waals surface area contributed by atoms with Gasteiger partial charge < -0.3 is 10.2 Å². The predicted octanol–water partition coefficient (Wildman–Crippen LogP) is 3.79. The average molecular weight is 334 g/mol. The third-order valence-corrected chi connectivity index (χ3v) is 4.46. The van der Waals surface area contributed by atoms with E-state index >= 15 is 0 Å². The SMILES string of the molecule is Fc1ccc(CNc2nccc(N3CCc4ccccc4C3)n2)cc1. The van der Waals surface area contributed by atoms with Gasteiger partial charge in [0.25, 0.3) is 0 Å². The lowest BCUT2D eigenvalue weighted by Crippen LogP contribution is -2.31. The van der Waals surface area contributed by atoms with Crippen LogP contribution < -0.4 is 10.2 Å². The van der Waals surface area contributed by atoms with Crippen molar-refractivity contribution in [2.75, 3.05) is 16.8 Å². The summed E-state index contributed by atoms with van der Waals surface area (Å²) in [6.07, 6.45) is 2.80. The molecule has 1 aliphatic rings. The molecule has 0 fully saturated rings. The molecule has 126 valence electrons. The number of aromatic nitrogens is 2. The summed E-state index contributed by atoms with van der Waals surface area (Å²) < 4.78 is 13.0. The molecule has 0 bridgehead atoms. The molecule has 4 nitrogen and oxygen atoms in total. The highest BCUT2D eigenvalue weighted by Gasteiger charge is 2.17. The first-order valence-corrected chi connectivity index (χ1v) is 8.41. The quantitative estimate of drug-likeness (QED) is 0.788. The molecule has 0 unspecified atom stereocenters. The average Bonchev–Trinajstić information content (AvgIpc) is 2.67. The summed E-state index contributed by atoms with van der Waals surface area (Å²) in [5.74, 6) is 1.28. The number of nitrogens with zero attached hydrogens (tertiary/aromatic N) is 3. The molecule has 2 aromatic carbocycles. The minimum Gasteiger partial charge on any atom is -0.352 e. The lowest BCUT2D eigenvalue weighted by Gasteiger charge is -2.29. The monoisotopic (exact) mass is 334 g/mol. The first kappa shape index (κ1) is 15.6. The van der Waals surface area contributed by atoms with Crippen molar-refractivity contribution in [1.29, 1.82) is 0 Å². The molecule has 0 aliphatic carbocycles. The summed E-state index contributed by atoms with van der Waals surface area (Å²) in [7, 11) is 0. The van der Waals surface area contributed by atoms with E-state index in [0.29, 0.717) is 12.5 Å². The van der Waals surface area contributed by atoms with Gasteiger partial charge >= 0.3 is 0 Å². The normalized spacial score (nSPS) is 13.4.